The van der Waals surface area contributed by atoms with Crippen molar-refractivity contribution in [2.24, 2.45) is 0 Å². The topological polar surface area (TPSA) is 12.9 Å². The lowest BCUT2D eigenvalue weighted by atomic mass is 9.87. The monoisotopic (exact) mass is 279 g/mol. The molecule has 1 aromatic carbocycles. The average Bonchev–Trinajstić information content (AvgIpc) is 2.37. The van der Waals surface area contributed by atoms with Crippen molar-refractivity contribution in [3.63, 3.8) is 0 Å². The van der Waals surface area contributed by atoms with Crippen molar-refractivity contribution in [2.75, 3.05) is 0 Å². The first kappa shape index (κ1) is 14.6. The van der Waals surface area contributed by atoms with Gasteiger partial charge in [-0.15, -0.1) is 0 Å². The van der Waals surface area contributed by atoms with Crippen LogP contribution in [0.25, 0.3) is 11.3 Å². The number of aromatic nitrogens is 1. The van der Waals surface area contributed by atoms with Crippen LogP contribution in [0.2, 0.25) is 0 Å². The predicted octanol–water partition coefficient (Wildman–Crippen LogP) is 5.06. The molecule has 0 saturated heterocycles. The summed E-state index contributed by atoms with van der Waals surface area (Å²) < 4.78 is 37.6. The van der Waals surface area contributed by atoms with E-state index in [9.17, 15) is 13.2 Å². The minimum absolute atomic E-state index is 0.0242. The summed E-state index contributed by atoms with van der Waals surface area (Å²) in [5.41, 5.74) is 1.80. The van der Waals surface area contributed by atoms with Crippen LogP contribution in [0.4, 0.5) is 13.2 Å². The predicted molar refractivity (Wildman–Crippen MR) is 73.4 cm³/mol. The molecule has 0 radical (unpaired) electrons. The molecule has 1 heterocycles. The second-order valence-electron chi connectivity index (χ2n) is 5.75. The third-order valence-electron chi connectivity index (χ3n) is 3.13. The lowest BCUT2D eigenvalue weighted by molar-refractivity contribution is -0.137. The molecule has 0 bridgehead atoms. The molecule has 0 fully saturated rings. The van der Waals surface area contributed by atoms with E-state index >= 15 is 0 Å². The van der Waals surface area contributed by atoms with Gasteiger partial charge in [0.05, 0.1) is 11.3 Å². The van der Waals surface area contributed by atoms with Gasteiger partial charge < -0.3 is 0 Å². The molecule has 4 heteroatoms. The van der Waals surface area contributed by atoms with Crippen LogP contribution in [0.3, 0.4) is 0 Å². The van der Waals surface area contributed by atoms with Crippen molar-refractivity contribution in [2.45, 2.75) is 32.4 Å². The number of rotatable bonds is 1. The van der Waals surface area contributed by atoms with Gasteiger partial charge in [-0.05, 0) is 35.2 Å². The van der Waals surface area contributed by atoms with Gasteiger partial charge >= 0.3 is 6.18 Å². The minimum Gasteiger partial charge on any atom is -0.256 e. The SMILES string of the molecule is CC(C)(C)c1ccnc(-c2ccc(C(F)(F)F)cc2)c1. The second kappa shape index (κ2) is 4.93. The highest BCUT2D eigenvalue weighted by Gasteiger charge is 2.30. The minimum atomic E-state index is -4.31. The second-order valence-corrected chi connectivity index (χ2v) is 5.75. The van der Waals surface area contributed by atoms with E-state index in [0.717, 1.165) is 17.7 Å². The van der Waals surface area contributed by atoms with Crippen molar-refractivity contribution in [3.8, 4) is 11.3 Å². The molecular formula is C16H16F3N. The molecule has 0 spiro atoms. The van der Waals surface area contributed by atoms with Crippen molar-refractivity contribution in [1.29, 1.82) is 0 Å². The van der Waals surface area contributed by atoms with Crippen LogP contribution in [0.1, 0.15) is 31.9 Å². The zero-order valence-electron chi connectivity index (χ0n) is 11.6. The van der Waals surface area contributed by atoms with Crippen LogP contribution in [-0.4, -0.2) is 4.98 Å². The molecule has 0 aliphatic carbocycles. The number of nitrogens with zero attached hydrogens (tertiary/aromatic N) is 1. The Morgan fingerprint density at radius 2 is 1.45 bits per heavy atom. The fourth-order valence-electron chi connectivity index (χ4n) is 1.88. The van der Waals surface area contributed by atoms with E-state index < -0.39 is 11.7 Å². The van der Waals surface area contributed by atoms with E-state index in [4.69, 9.17) is 0 Å². The normalized spacial score (nSPS) is 12.5. The van der Waals surface area contributed by atoms with E-state index in [0.29, 0.717) is 11.3 Å². The summed E-state index contributed by atoms with van der Waals surface area (Å²) in [6.07, 6.45) is -2.62. The Hall–Kier alpha value is -1.84. The molecule has 0 unspecified atom stereocenters. The molecule has 0 N–H and O–H groups in total. The number of benzene rings is 1. The van der Waals surface area contributed by atoms with E-state index in [1.807, 2.05) is 12.1 Å². The Labute approximate surface area is 116 Å². The average molecular weight is 279 g/mol. The molecule has 1 nitrogen and oxygen atoms in total. The highest BCUT2D eigenvalue weighted by atomic mass is 19.4. The molecule has 20 heavy (non-hydrogen) atoms. The summed E-state index contributed by atoms with van der Waals surface area (Å²) in [4.78, 5) is 4.23. The van der Waals surface area contributed by atoms with Gasteiger partial charge in [-0.25, -0.2) is 0 Å². The fourth-order valence-corrected chi connectivity index (χ4v) is 1.88. The number of hydrogen-bond donors (Lipinski definition) is 0. The number of halogens is 3. The van der Waals surface area contributed by atoms with E-state index in [2.05, 4.69) is 25.8 Å². The van der Waals surface area contributed by atoms with Gasteiger partial charge in [-0.1, -0.05) is 32.9 Å². The smallest absolute Gasteiger partial charge is 0.256 e. The van der Waals surface area contributed by atoms with Crippen LogP contribution < -0.4 is 0 Å². The molecule has 0 aliphatic heterocycles. The number of pyridine rings is 1. The van der Waals surface area contributed by atoms with Crippen molar-refractivity contribution in [1.82, 2.24) is 4.98 Å². The molecule has 0 amide bonds. The van der Waals surface area contributed by atoms with Crippen LogP contribution in [0.5, 0.6) is 0 Å². The highest BCUT2D eigenvalue weighted by molar-refractivity contribution is 5.60. The molecule has 0 saturated carbocycles. The van der Waals surface area contributed by atoms with Gasteiger partial charge in [0.15, 0.2) is 0 Å². The van der Waals surface area contributed by atoms with Crippen molar-refractivity contribution < 1.29 is 13.2 Å². The molecule has 2 rings (SSSR count). The molecule has 0 aliphatic rings. The molecule has 0 atom stereocenters. The highest BCUT2D eigenvalue weighted by Crippen LogP contribution is 2.31. The Morgan fingerprint density at radius 1 is 0.850 bits per heavy atom. The summed E-state index contributed by atoms with van der Waals surface area (Å²) in [6, 6.07) is 8.92. The van der Waals surface area contributed by atoms with E-state index in [-0.39, 0.29) is 5.41 Å². The first-order valence-electron chi connectivity index (χ1n) is 6.32. The van der Waals surface area contributed by atoms with Gasteiger partial charge in [0.25, 0.3) is 0 Å². The Morgan fingerprint density at radius 3 is 1.95 bits per heavy atom. The summed E-state index contributed by atoms with van der Waals surface area (Å²) in [6.45, 7) is 6.25. The Balaban J connectivity index is 2.38. The van der Waals surface area contributed by atoms with Crippen LogP contribution >= 0.6 is 0 Å². The van der Waals surface area contributed by atoms with Gasteiger partial charge in [-0.3, -0.25) is 4.98 Å². The van der Waals surface area contributed by atoms with Crippen LogP contribution in [0.15, 0.2) is 42.6 Å². The fraction of sp³-hybridized carbons (Fsp3) is 0.312. The van der Waals surface area contributed by atoms with Crippen LogP contribution in [0, 0.1) is 0 Å². The first-order chi connectivity index (χ1) is 9.18. The number of alkyl halides is 3. The third kappa shape index (κ3) is 3.18. The summed E-state index contributed by atoms with van der Waals surface area (Å²) in [5, 5.41) is 0. The maximum absolute atomic E-state index is 12.5. The standard InChI is InChI=1S/C16H16F3N/c1-15(2,3)13-8-9-20-14(10-13)11-4-6-12(7-5-11)16(17,18)19/h4-10H,1-3H3. The lowest BCUT2D eigenvalue weighted by Gasteiger charge is -2.19. The molecule has 2 aromatic rings. The van der Waals surface area contributed by atoms with E-state index in [1.54, 1.807) is 6.20 Å². The summed E-state index contributed by atoms with van der Waals surface area (Å²) in [7, 11) is 0. The zero-order chi connectivity index (χ0) is 15.0. The van der Waals surface area contributed by atoms with Gasteiger partial charge in [0.1, 0.15) is 0 Å². The Bertz CT molecular complexity index is 592. The molecule has 1 aromatic heterocycles. The van der Waals surface area contributed by atoms with Crippen LogP contribution in [-0.2, 0) is 11.6 Å². The maximum atomic E-state index is 12.5. The maximum Gasteiger partial charge on any atom is 0.416 e. The van der Waals surface area contributed by atoms with Gasteiger partial charge in [-0.2, -0.15) is 13.2 Å². The summed E-state index contributed by atoms with van der Waals surface area (Å²) in [5.74, 6) is 0. The summed E-state index contributed by atoms with van der Waals surface area (Å²) >= 11 is 0. The molecule has 106 valence electrons. The van der Waals surface area contributed by atoms with Crippen molar-refractivity contribution in [3.05, 3.63) is 53.7 Å². The zero-order valence-corrected chi connectivity index (χ0v) is 11.6. The van der Waals surface area contributed by atoms with Gasteiger partial charge in [0.2, 0.25) is 0 Å². The first-order valence-corrected chi connectivity index (χ1v) is 6.32. The van der Waals surface area contributed by atoms with Gasteiger partial charge in [0, 0.05) is 11.8 Å². The largest absolute Gasteiger partial charge is 0.416 e. The van der Waals surface area contributed by atoms with Crippen molar-refractivity contribution >= 4 is 0 Å². The van der Waals surface area contributed by atoms with E-state index in [1.165, 1.54) is 12.1 Å². The quantitative estimate of drug-likeness (QED) is 0.710. The molecular weight excluding hydrogens is 263 g/mol. The lowest BCUT2D eigenvalue weighted by Crippen LogP contribution is -2.11. The third-order valence-corrected chi connectivity index (χ3v) is 3.13. The Kier molecular flexibility index (Phi) is 3.59. The number of hydrogen-bond acceptors (Lipinski definition) is 1.